The van der Waals surface area contributed by atoms with E-state index in [-0.39, 0.29) is 0 Å². The standard InChI is InChI=1S/C12H24N2/c1-14-8-7-13-10-12(14)9-11-5-3-2-4-6-11/h11-13H,2-10H2,1H3. The summed E-state index contributed by atoms with van der Waals surface area (Å²) in [5, 5.41) is 3.51. The van der Waals surface area contributed by atoms with Gasteiger partial charge in [-0.05, 0) is 19.4 Å². The first kappa shape index (κ1) is 10.4. The van der Waals surface area contributed by atoms with Gasteiger partial charge in [0.1, 0.15) is 0 Å². The second-order valence-electron chi connectivity index (χ2n) is 5.08. The van der Waals surface area contributed by atoms with Gasteiger partial charge in [0.2, 0.25) is 0 Å². The highest BCUT2D eigenvalue weighted by Gasteiger charge is 2.23. The molecule has 0 aromatic heterocycles. The number of nitrogens with zero attached hydrogens (tertiary/aromatic N) is 1. The van der Waals surface area contributed by atoms with Crippen LogP contribution < -0.4 is 5.32 Å². The van der Waals surface area contributed by atoms with Gasteiger partial charge in [-0.25, -0.2) is 0 Å². The van der Waals surface area contributed by atoms with Crippen molar-refractivity contribution < 1.29 is 0 Å². The molecule has 2 aliphatic rings. The molecule has 1 saturated carbocycles. The van der Waals surface area contributed by atoms with Crippen LogP contribution in [0.2, 0.25) is 0 Å². The molecule has 1 heterocycles. The quantitative estimate of drug-likeness (QED) is 0.725. The Morgan fingerprint density at radius 2 is 2.00 bits per heavy atom. The van der Waals surface area contributed by atoms with Crippen molar-refractivity contribution in [2.24, 2.45) is 5.92 Å². The van der Waals surface area contributed by atoms with Crippen LogP contribution in [0.15, 0.2) is 0 Å². The number of likely N-dealkylation sites (N-methyl/N-ethyl adjacent to an activating group) is 1. The third kappa shape index (κ3) is 2.71. The molecule has 2 fully saturated rings. The molecule has 2 heteroatoms. The fourth-order valence-electron chi connectivity index (χ4n) is 2.93. The van der Waals surface area contributed by atoms with E-state index in [1.54, 1.807) is 0 Å². The zero-order valence-corrected chi connectivity index (χ0v) is 9.47. The van der Waals surface area contributed by atoms with Gasteiger partial charge in [-0.3, -0.25) is 0 Å². The Balaban J connectivity index is 1.76. The smallest absolute Gasteiger partial charge is 0.0220 e. The number of nitrogens with one attached hydrogen (secondary N) is 1. The van der Waals surface area contributed by atoms with Gasteiger partial charge >= 0.3 is 0 Å². The first-order valence-electron chi connectivity index (χ1n) is 6.27. The predicted octanol–water partition coefficient (Wildman–Crippen LogP) is 1.86. The van der Waals surface area contributed by atoms with Crippen LogP contribution in [0.25, 0.3) is 0 Å². The minimum atomic E-state index is 0.812. The third-order valence-corrected chi connectivity index (χ3v) is 3.97. The highest BCUT2D eigenvalue weighted by molar-refractivity contribution is 4.80. The van der Waals surface area contributed by atoms with Crippen molar-refractivity contribution in [2.45, 2.75) is 44.6 Å². The normalized spacial score (nSPS) is 31.9. The topological polar surface area (TPSA) is 15.3 Å². The van der Waals surface area contributed by atoms with Crippen LogP contribution in [0, 0.1) is 5.92 Å². The van der Waals surface area contributed by atoms with E-state index in [1.165, 1.54) is 58.2 Å². The molecule has 0 aromatic rings. The molecule has 0 spiro atoms. The van der Waals surface area contributed by atoms with E-state index in [9.17, 15) is 0 Å². The average molecular weight is 196 g/mol. The monoisotopic (exact) mass is 196 g/mol. The fraction of sp³-hybridized carbons (Fsp3) is 1.00. The maximum absolute atomic E-state index is 3.51. The molecule has 2 rings (SSSR count). The summed E-state index contributed by atoms with van der Waals surface area (Å²) >= 11 is 0. The minimum absolute atomic E-state index is 0.812. The predicted molar refractivity (Wildman–Crippen MR) is 60.5 cm³/mol. The lowest BCUT2D eigenvalue weighted by molar-refractivity contribution is 0.157. The molecule has 82 valence electrons. The summed E-state index contributed by atoms with van der Waals surface area (Å²) < 4.78 is 0. The maximum Gasteiger partial charge on any atom is 0.0220 e. The molecule has 1 atom stereocenters. The first-order chi connectivity index (χ1) is 6.86. The molecule has 0 aromatic carbocycles. The molecule has 1 saturated heterocycles. The van der Waals surface area contributed by atoms with E-state index in [4.69, 9.17) is 0 Å². The Bertz CT molecular complexity index is 164. The van der Waals surface area contributed by atoms with Gasteiger partial charge in [-0.2, -0.15) is 0 Å². The lowest BCUT2D eigenvalue weighted by Crippen LogP contribution is -2.49. The van der Waals surface area contributed by atoms with Crippen LogP contribution in [-0.2, 0) is 0 Å². The highest BCUT2D eigenvalue weighted by atomic mass is 15.2. The zero-order valence-electron chi connectivity index (χ0n) is 9.47. The lowest BCUT2D eigenvalue weighted by atomic mass is 9.84. The van der Waals surface area contributed by atoms with Gasteiger partial charge in [0.05, 0.1) is 0 Å². The summed E-state index contributed by atoms with van der Waals surface area (Å²) in [6.07, 6.45) is 8.86. The molecule has 0 amide bonds. The van der Waals surface area contributed by atoms with Crippen LogP contribution in [-0.4, -0.2) is 37.6 Å². The Morgan fingerprint density at radius 3 is 2.71 bits per heavy atom. The number of hydrogen-bond acceptors (Lipinski definition) is 2. The minimum Gasteiger partial charge on any atom is -0.314 e. The summed E-state index contributed by atoms with van der Waals surface area (Å²) in [5.41, 5.74) is 0. The summed E-state index contributed by atoms with van der Waals surface area (Å²) in [6, 6.07) is 0.812. The molecule has 2 nitrogen and oxygen atoms in total. The van der Waals surface area contributed by atoms with Crippen LogP contribution in [0.1, 0.15) is 38.5 Å². The van der Waals surface area contributed by atoms with Gasteiger partial charge in [-0.1, -0.05) is 32.1 Å². The van der Waals surface area contributed by atoms with Crippen LogP contribution in [0.5, 0.6) is 0 Å². The van der Waals surface area contributed by atoms with Crippen molar-refractivity contribution in [3.05, 3.63) is 0 Å². The lowest BCUT2D eigenvalue weighted by Gasteiger charge is -2.36. The van der Waals surface area contributed by atoms with Gasteiger partial charge in [-0.15, -0.1) is 0 Å². The molecule has 0 bridgehead atoms. The summed E-state index contributed by atoms with van der Waals surface area (Å²) in [5.74, 6) is 1.02. The summed E-state index contributed by atoms with van der Waals surface area (Å²) in [4.78, 5) is 2.55. The van der Waals surface area contributed by atoms with Crippen molar-refractivity contribution in [3.8, 4) is 0 Å². The second kappa shape index (κ2) is 5.13. The van der Waals surface area contributed by atoms with Crippen molar-refractivity contribution >= 4 is 0 Å². The number of piperazine rings is 1. The van der Waals surface area contributed by atoms with Crippen LogP contribution in [0.3, 0.4) is 0 Å². The van der Waals surface area contributed by atoms with Crippen molar-refractivity contribution in [1.29, 1.82) is 0 Å². The maximum atomic E-state index is 3.51. The van der Waals surface area contributed by atoms with Crippen molar-refractivity contribution in [3.63, 3.8) is 0 Å². The number of rotatable bonds is 2. The fourth-order valence-corrected chi connectivity index (χ4v) is 2.93. The third-order valence-electron chi connectivity index (χ3n) is 3.97. The molecule has 1 aliphatic carbocycles. The first-order valence-corrected chi connectivity index (χ1v) is 6.27. The zero-order chi connectivity index (χ0) is 9.80. The summed E-state index contributed by atoms with van der Waals surface area (Å²) in [7, 11) is 2.29. The van der Waals surface area contributed by atoms with E-state index < -0.39 is 0 Å². The summed E-state index contributed by atoms with van der Waals surface area (Å²) in [6.45, 7) is 3.63. The van der Waals surface area contributed by atoms with E-state index in [1.807, 2.05) is 0 Å². The van der Waals surface area contributed by atoms with Crippen LogP contribution >= 0.6 is 0 Å². The van der Waals surface area contributed by atoms with E-state index in [0.717, 1.165) is 12.0 Å². The molecular weight excluding hydrogens is 172 g/mol. The van der Waals surface area contributed by atoms with Crippen molar-refractivity contribution in [2.75, 3.05) is 26.7 Å². The van der Waals surface area contributed by atoms with E-state index in [2.05, 4.69) is 17.3 Å². The Hall–Kier alpha value is -0.0800. The van der Waals surface area contributed by atoms with E-state index in [0.29, 0.717) is 0 Å². The highest BCUT2D eigenvalue weighted by Crippen LogP contribution is 2.28. The number of hydrogen-bond donors (Lipinski definition) is 1. The Kier molecular flexibility index (Phi) is 3.82. The Labute approximate surface area is 88.1 Å². The molecule has 1 aliphatic heterocycles. The molecule has 0 radical (unpaired) electrons. The SMILES string of the molecule is CN1CCNCC1CC1CCCCC1. The average Bonchev–Trinajstić information content (AvgIpc) is 2.23. The Morgan fingerprint density at radius 1 is 1.21 bits per heavy atom. The molecule has 14 heavy (non-hydrogen) atoms. The second-order valence-corrected chi connectivity index (χ2v) is 5.08. The van der Waals surface area contributed by atoms with Gasteiger partial charge < -0.3 is 10.2 Å². The molecule has 1 unspecified atom stereocenters. The van der Waals surface area contributed by atoms with Gasteiger partial charge in [0, 0.05) is 25.7 Å². The van der Waals surface area contributed by atoms with Crippen LogP contribution in [0.4, 0.5) is 0 Å². The van der Waals surface area contributed by atoms with Gasteiger partial charge in [0.25, 0.3) is 0 Å². The molecular formula is C12H24N2. The largest absolute Gasteiger partial charge is 0.314 e. The molecule has 1 N–H and O–H groups in total. The van der Waals surface area contributed by atoms with E-state index >= 15 is 0 Å². The van der Waals surface area contributed by atoms with Gasteiger partial charge in [0.15, 0.2) is 0 Å². The van der Waals surface area contributed by atoms with Crippen molar-refractivity contribution in [1.82, 2.24) is 10.2 Å².